The molecule has 0 aromatic heterocycles. The Morgan fingerprint density at radius 3 is 0.780 bits per heavy atom. The van der Waals surface area contributed by atoms with E-state index in [0.29, 0.717) is 0 Å². The van der Waals surface area contributed by atoms with Gasteiger partial charge in [0.1, 0.15) is 0 Å². The van der Waals surface area contributed by atoms with Gasteiger partial charge in [-0.2, -0.15) is 0 Å². The van der Waals surface area contributed by atoms with Gasteiger partial charge in [-0.1, -0.05) is 0 Å². The van der Waals surface area contributed by atoms with Crippen LogP contribution in [0.3, 0.4) is 0 Å². The van der Waals surface area contributed by atoms with Crippen molar-refractivity contribution >= 4 is 32.3 Å². The smallest absolute Gasteiger partial charge is 0.205 e. The number of aryl methyl sites for hydroxylation is 3. The minimum atomic E-state index is -1.52. The molecular formula is C33H26O17. The molecule has 17 nitrogen and oxygen atoms in total. The molecule has 0 amide bonds. The number of hydrogen-bond acceptors (Lipinski definition) is 17. The summed E-state index contributed by atoms with van der Waals surface area (Å²) < 4.78 is 0. The molecule has 0 aliphatic rings. The molecule has 50 heavy (non-hydrogen) atoms. The van der Waals surface area contributed by atoms with Crippen LogP contribution in [0.1, 0.15) is 16.7 Å². The maximum absolute atomic E-state index is 11.6. The maximum Gasteiger partial charge on any atom is 0.205 e. The Bertz CT molecular complexity index is 2470. The second kappa shape index (κ2) is 10.1. The lowest BCUT2D eigenvalue weighted by molar-refractivity contribution is 0.346. The summed E-state index contributed by atoms with van der Waals surface area (Å²) in [5.74, 6) is -22.2. The van der Waals surface area contributed by atoms with Crippen molar-refractivity contribution < 1.29 is 86.8 Å². The van der Waals surface area contributed by atoms with E-state index >= 15 is 0 Å². The van der Waals surface area contributed by atoms with Crippen molar-refractivity contribution in [3.05, 3.63) is 16.7 Å². The third-order valence-corrected chi connectivity index (χ3v) is 9.05. The molecule has 0 saturated heterocycles. The van der Waals surface area contributed by atoms with Gasteiger partial charge in [0.15, 0.2) is 69.0 Å². The van der Waals surface area contributed by atoms with E-state index < -0.39 is 142 Å². The lowest BCUT2D eigenvalue weighted by Crippen LogP contribution is -1.98. The molecule has 0 radical (unpaired) electrons. The van der Waals surface area contributed by atoms with Crippen LogP contribution in [0.25, 0.3) is 54.6 Å². The number of rotatable bonds is 2. The van der Waals surface area contributed by atoms with Gasteiger partial charge in [-0.3, -0.25) is 0 Å². The number of benzene rings is 6. The SMILES string of the molecule is Cc1c(O)c(O)c(O)c2c(-c3c(O)c(O)c(-c4c(O)c(O)c(O)c5c(O)c(O)c(O)c(O)c45)c(O)c3O)c3c(O)c(O)c(O)c(C)c3c(C)c12. The fraction of sp³-hybridized carbons (Fsp3) is 0.0909. The zero-order valence-corrected chi connectivity index (χ0v) is 25.6. The monoisotopic (exact) mass is 694 g/mol. The first-order valence-corrected chi connectivity index (χ1v) is 14.1. The van der Waals surface area contributed by atoms with E-state index in [1.54, 1.807) is 0 Å². The van der Waals surface area contributed by atoms with Gasteiger partial charge in [-0.15, -0.1) is 0 Å². The Balaban J connectivity index is 1.93. The van der Waals surface area contributed by atoms with Crippen molar-refractivity contribution in [2.24, 2.45) is 0 Å². The topological polar surface area (TPSA) is 344 Å². The van der Waals surface area contributed by atoms with E-state index in [2.05, 4.69) is 0 Å². The largest absolute Gasteiger partial charge is 0.504 e. The maximum atomic E-state index is 11.6. The molecule has 0 bridgehead atoms. The van der Waals surface area contributed by atoms with Crippen molar-refractivity contribution in [2.45, 2.75) is 20.8 Å². The lowest BCUT2D eigenvalue weighted by atomic mass is 9.82. The normalized spacial score (nSPS) is 11.7. The van der Waals surface area contributed by atoms with Crippen LogP contribution in [0.4, 0.5) is 0 Å². The van der Waals surface area contributed by atoms with Gasteiger partial charge in [-0.05, 0) is 37.1 Å². The Morgan fingerprint density at radius 1 is 0.180 bits per heavy atom. The zero-order valence-electron chi connectivity index (χ0n) is 25.6. The van der Waals surface area contributed by atoms with Gasteiger partial charge in [0, 0.05) is 38.4 Å². The molecule has 0 aliphatic carbocycles. The number of aromatic hydroxyl groups is 17. The molecular weight excluding hydrogens is 668 g/mol. The number of phenols is 17. The number of fused-ring (bicyclic) bond motifs is 3. The highest BCUT2D eigenvalue weighted by atomic mass is 16.4. The fourth-order valence-corrected chi connectivity index (χ4v) is 6.64. The summed E-state index contributed by atoms with van der Waals surface area (Å²) in [4.78, 5) is 0. The first-order chi connectivity index (χ1) is 23.2. The molecule has 17 N–H and O–H groups in total. The van der Waals surface area contributed by atoms with Crippen molar-refractivity contribution in [3.63, 3.8) is 0 Å². The van der Waals surface area contributed by atoms with Crippen LogP contribution in [0, 0.1) is 20.8 Å². The Labute approximate surface area is 276 Å². The molecule has 0 atom stereocenters. The first-order valence-electron chi connectivity index (χ1n) is 14.1. The predicted molar refractivity (Wildman–Crippen MR) is 172 cm³/mol. The van der Waals surface area contributed by atoms with Gasteiger partial charge in [0.25, 0.3) is 0 Å². The Morgan fingerprint density at radius 2 is 0.420 bits per heavy atom. The second-order valence-corrected chi connectivity index (χ2v) is 11.6. The molecule has 0 saturated carbocycles. The van der Waals surface area contributed by atoms with Crippen molar-refractivity contribution in [1.82, 2.24) is 0 Å². The molecule has 6 aromatic rings. The van der Waals surface area contributed by atoms with E-state index in [0.717, 1.165) is 0 Å². The van der Waals surface area contributed by atoms with Crippen LogP contribution in [0.15, 0.2) is 0 Å². The van der Waals surface area contributed by atoms with E-state index in [4.69, 9.17) is 0 Å². The number of hydrogen-bond donors (Lipinski definition) is 17. The molecule has 0 unspecified atom stereocenters. The second-order valence-electron chi connectivity index (χ2n) is 11.6. The standard InChI is InChI=1S/C33H26O17/c1-4-7-5(2)17(34)29(46)19(36)10(7)9(11-8(4)6(3)18(35)30(47)20(11)37)14-23(40)25(42)15(26(43)24(14)41)12-13-16(27(44)31(48)21(12)38)28(45)33(50)32(49)22(13)39/h34-50H,1-3H3. The van der Waals surface area contributed by atoms with Gasteiger partial charge >= 0.3 is 0 Å². The summed E-state index contributed by atoms with van der Waals surface area (Å²) in [6.45, 7) is 3.97. The van der Waals surface area contributed by atoms with E-state index in [-0.39, 0.29) is 27.5 Å². The van der Waals surface area contributed by atoms with Gasteiger partial charge in [0.05, 0.1) is 16.5 Å². The summed E-state index contributed by atoms with van der Waals surface area (Å²) >= 11 is 0. The minimum Gasteiger partial charge on any atom is -0.504 e. The van der Waals surface area contributed by atoms with Gasteiger partial charge < -0.3 is 86.8 Å². The van der Waals surface area contributed by atoms with Crippen molar-refractivity contribution in [1.29, 1.82) is 0 Å². The van der Waals surface area contributed by atoms with Gasteiger partial charge in [-0.25, -0.2) is 0 Å². The van der Waals surface area contributed by atoms with Crippen LogP contribution < -0.4 is 0 Å². The molecule has 0 spiro atoms. The van der Waals surface area contributed by atoms with Crippen LogP contribution >= 0.6 is 0 Å². The summed E-state index contributed by atoms with van der Waals surface area (Å²) in [7, 11) is 0. The van der Waals surface area contributed by atoms with E-state index in [1.165, 1.54) is 20.8 Å². The van der Waals surface area contributed by atoms with Crippen molar-refractivity contribution in [3.8, 4) is 120 Å². The van der Waals surface area contributed by atoms with Crippen LogP contribution in [-0.2, 0) is 0 Å². The first kappa shape index (κ1) is 32.6. The Hall–Kier alpha value is -7.30. The van der Waals surface area contributed by atoms with Crippen LogP contribution in [0.5, 0.6) is 97.7 Å². The highest BCUT2D eigenvalue weighted by Crippen LogP contribution is 2.66. The average molecular weight is 695 g/mol. The van der Waals surface area contributed by atoms with Gasteiger partial charge in [0.2, 0.25) is 28.7 Å². The molecule has 260 valence electrons. The molecule has 0 aliphatic heterocycles. The predicted octanol–water partition coefficient (Wildman–Crippen LogP) is 4.40. The molecule has 6 rings (SSSR count). The molecule has 17 heteroatoms. The lowest BCUT2D eigenvalue weighted by Gasteiger charge is -2.24. The summed E-state index contributed by atoms with van der Waals surface area (Å²) in [5, 5.41) is 181. The fourth-order valence-electron chi connectivity index (χ4n) is 6.64. The molecule has 6 aromatic carbocycles. The Kier molecular flexibility index (Phi) is 6.59. The highest BCUT2D eigenvalue weighted by molar-refractivity contribution is 6.24. The highest BCUT2D eigenvalue weighted by Gasteiger charge is 2.37. The average Bonchev–Trinajstić information content (AvgIpc) is 3.08. The molecule has 0 heterocycles. The van der Waals surface area contributed by atoms with Crippen molar-refractivity contribution in [2.75, 3.05) is 0 Å². The van der Waals surface area contributed by atoms with Crippen LogP contribution in [0.2, 0.25) is 0 Å². The third kappa shape index (κ3) is 3.64. The van der Waals surface area contributed by atoms with E-state index in [9.17, 15) is 86.8 Å². The quantitative estimate of drug-likeness (QED) is 0.0678. The summed E-state index contributed by atoms with van der Waals surface area (Å²) in [6, 6.07) is 0. The molecule has 0 fully saturated rings. The number of phenolic OH excluding ortho intramolecular Hbond substituents is 17. The van der Waals surface area contributed by atoms with E-state index in [1.807, 2.05) is 0 Å². The summed E-state index contributed by atoms with van der Waals surface area (Å²) in [5.41, 5.74) is -4.34. The summed E-state index contributed by atoms with van der Waals surface area (Å²) in [6.07, 6.45) is 0. The van der Waals surface area contributed by atoms with Crippen LogP contribution in [-0.4, -0.2) is 86.8 Å². The third-order valence-electron chi connectivity index (χ3n) is 9.05. The minimum absolute atomic E-state index is 0.100. The zero-order chi connectivity index (χ0) is 37.3.